The zero-order valence-electron chi connectivity index (χ0n) is 10.8. The van der Waals surface area contributed by atoms with Gasteiger partial charge in [0.2, 0.25) is 17.8 Å². The number of aliphatic hydroxyl groups is 3. The summed E-state index contributed by atoms with van der Waals surface area (Å²) >= 11 is 0. The van der Waals surface area contributed by atoms with E-state index in [-0.39, 0.29) is 6.42 Å². The number of aliphatic hydroxyl groups excluding tert-OH is 3. The predicted octanol–water partition coefficient (Wildman–Crippen LogP) is -2.51. The Labute approximate surface area is 114 Å². The van der Waals surface area contributed by atoms with Crippen LogP contribution in [0.4, 0.5) is 0 Å². The van der Waals surface area contributed by atoms with E-state index in [0.29, 0.717) is 0 Å². The van der Waals surface area contributed by atoms with E-state index in [2.05, 4.69) is 9.47 Å². The van der Waals surface area contributed by atoms with Crippen LogP contribution in [-0.2, 0) is 28.6 Å². The van der Waals surface area contributed by atoms with Crippen molar-refractivity contribution in [3.05, 3.63) is 0 Å². The molecular formula is C11H16O9. The quantitative estimate of drug-likeness (QED) is 0.378. The molecule has 0 amide bonds. The molecule has 0 aromatic heterocycles. The van der Waals surface area contributed by atoms with Gasteiger partial charge < -0.3 is 29.5 Å². The van der Waals surface area contributed by atoms with Crippen molar-refractivity contribution in [1.82, 2.24) is 0 Å². The third-order valence-corrected chi connectivity index (χ3v) is 2.86. The van der Waals surface area contributed by atoms with Crippen LogP contribution >= 0.6 is 0 Å². The molecule has 9 heteroatoms. The van der Waals surface area contributed by atoms with E-state index < -0.39 is 55.5 Å². The van der Waals surface area contributed by atoms with Crippen LogP contribution < -0.4 is 0 Å². The van der Waals surface area contributed by atoms with Gasteiger partial charge in [-0.1, -0.05) is 6.92 Å². The van der Waals surface area contributed by atoms with Gasteiger partial charge in [-0.2, -0.15) is 0 Å². The Hall–Kier alpha value is -1.71. The summed E-state index contributed by atoms with van der Waals surface area (Å²) in [6, 6.07) is 0. The molecular weight excluding hydrogens is 276 g/mol. The van der Waals surface area contributed by atoms with Crippen LogP contribution in [0.5, 0.6) is 0 Å². The lowest BCUT2D eigenvalue weighted by Gasteiger charge is -2.28. The van der Waals surface area contributed by atoms with Gasteiger partial charge in [0.1, 0.15) is 0 Å². The molecule has 20 heavy (non-hydrogen) atoms. The van der Waals surface area contributed by atoms with Crippen molar-refractivity contribution in [1.29, 1.82) is 0 Å². The summed E-state index contributed by atoms with van der Waals surface area (Å²) in [5, 5.41) is 27.3. The fourth-order valence-electron chi connectivity index (χ4n) is 1.50. The molecule has 3 unspecified atom stereocenters. The zero-order chi connectivity index (χ0) is 15.3. The van der Waals surface area contributed by atoms with Gasteiger partial charge in [-0.3, -0.25) is 0 Å². The minimum atomic E-state index is -2.01. The Kier molecular flexibility index (Phi) is 5.43. The Morgan fingerprint density at radius 1 is 1.00 bits per heavy atom. The van der Waals surface area contributed by atoms with Crippen molar-refractivity contribution >= 4 is 17.9 Å². The molecule has 3 N–H and O–H groups in total. The van der Waals surface area contributed by atoms with Crippen molar-refractivity contribution in [2.75, 3.05) is 19.8 Å². The first-order chi connectivity index (χ1) is 9.43. The van der Waals surface area contributed by atoms with Crippen LogP contribution in [0.15, 0.2) is 0 Å². The highest BCUT2D eigenvalue weighted by molar-refractivity contribution is 5.90. The van der Waals surface area contributed by atoms with E-state index in [4.69, 9.17) is 14.9 Å². The number of rotatable bonds is 4. The number of hydrogen-bond acceptors (Lipinski definition) is 9. The van der Waals surface area contributed by atoms with Gasteiger partial charge in [-0.05, 0) is 6.42 Å². The molecule has 1 heterocycles. The van der Waals surface area contributed by atoms with Gasteiger partial charge in [0.15, 0.2) is 0 Å². The van der Waals surface area contributed by atoms with Crippen LogP contribution in [0.3, 0.4) is 0 Å². The summed E-state index contributed by atoms with van der Waals surface area (Å²) < 4.78 is 14.1. The normalized spacial score (nSPS) is 31.5. The molecule has 3 atom stereocenters. The zero-order valence-corrected chi connectivity index (χ0v) is 10.8. The van der Waals surface area contributed by atoms with E-state index in [0.717, 1.165) is 0 Å². The molecule has 0 spiro atoms. The maximum atomic E-state index is 11.9. The number of carbonyl (C=O) groups excluding carboxylic acids is 3. The lowest BCUT2D eigenvalue weighted by atomic mass is 10.0. The fraction of sp³-hybridized carbons (Fsp3) is 0.727. The predicted molar refractivity (Wildman–Crippen MR) is 60.1 cm³/mol. The van der Waals surface area contributed by atoms with E-state index in [1.54, 1.807) is 0 Å². The number of cyclic esters (lactones) is 3. The Balaban J connectivity index is 3.17. The smallest absolute Gasteiger partial charge is 0.354 e. The minimum absolute atomic E-state index is 0.126. The van der Waals surface area contributed by atoms with Crippen LogP contribution in [-0.4, -0.2) is 70.9 Å². The summed E-state index contributed by atoms with van der Waals surface area (Å²) in [6.45, 7) is -1.17. The fourth-order valence-corrected chi connectivity index (χ4v) is 1.50. The van der Waals surface area contributed by atoms with E-state index >= 15 is 0 Å². The second-order valence-corrected chi connectivity index (χ2v) is 4.11. The van der Waals surface area contributed by atoms with Crippen molar-refractivity contribution in [2.45, 2.75) is 31.2 Å². The van der Waals surface area contributed by atoms with Crippen molar-refractivity contribution < 1.29 is 43.9 Å². The molecule has 0 aromatic rings. The number of hydrogen-bond donors (Lipinski definition) is 3. The Morgan fingerprint density at radius 2 is 1.55 bits per heavy atom. The summed E-state index contributed by atoms with van der Waals surface area (Å²) in [6.07, 6.45) is -3.45. The van der Waals surface area contributed by atoms with E-state index in [9.17, 15) is 19.5 Å². The molecule has 1 fully saturated rings. The van der Waals surface area contributed by atoms with Crippen LogP contribution in [0.2, 0.25) is 0 Å². The average Bonchev–Trinajstić information content (AvgIpc) is 2.49. The first kappa shape index (κ1) is 16.3. The first-order valence-electron chi connectivity index (χ1n) is 5.91. The molecule has 1 rings (SSSR count). The number of ether oxygens (including phenoxy) is 3. The molecule has 1 saturated heterocycles. The number of esters is 3. The van der Waals surface area contributed by atoms with E-state index in [1.165, 1.54) is 6.92 Å². The highest BCUT2D eigenvalue weighted by Gasteiger charge is 2.47. The van der Waals surface area contributed by atoms with Crippen LogP contribution in [0.25, 0.3) is 0 Å². The van der Waals surface area contributed by atoms with Crippen LogP contribution in [0, 0.1) is 0 Å². The SMILES string of the molecule is CCC1(CO)OC(=O)C(CO)OC(=O)C(CO)OC1=O. The highest BCUT2D eigenvalue weighted by atomic mass is 16.7. The second-order valence-electron chi connectivity index (χ2n) is 4.11. The Bertz CT molecular complexity index is 385. The molecule has 0 aromatic carbocycles. The molecule has 114 valence electrons. The maximum absolute atomic E-state index is 11.9. The standard InChI is InChI=1S/C11H16O9/c1-2-11(5-14)10(17)19-6(3-12)8(15)18-7(4-13)9(16)20-11/h6-7,12-14H,2-5H2,1H3. The topological polar surface area (TPSA) is 140 Å². The molecule has 0 saturated carbocycles. The van der Waals surface area contributed by atoms with Gasteiger partial charge in [0.25, 0.3) is 0 Å². The van der Waals surface area contributed by atoms with Gasteiger partial charge in [-0.15, -0.1) is 0 Å². The number of carbonyl (C=O) groups is 3. The minimum Gasteiger partial charge on any atom is -0.445 e. The average molecular weight is 292 g/mol. The molecule has 1 aliphatic heterocycles. The van der Waals surface area contributed by atoms with Crippen molar-refractivity contribution in [2.24, 2.45) is 0 Å². The summed E-state index contributed by atoms with van der Waals surface area (Å²) in [4.78, 5) is 35.2. The molecule has 0 aliphatic carbocycles. The molecule has 0 radical (unpaired) electrons. The maximum Gasteiger partial charge on any atom is 0.354 e. The monoisotopic (exact) mass is 292 g/mol. The lowest BCUT2D eigenvalue weighted by Crippen LogP contribution is -2.49. The van der Waals surface area contributed by atoms with Gasteiger partial charge in [0, 0.05) is 0 Å². The largest absolute Gasteiger partial charge is 0.445 e. The highest BCUT2D eigenvalue weighted by Crippen LogP contribution is 2.22. The third kappa shape index (κ3) is 3.06. The lowest BCUT2D eigenvalue weighted by molar-refractivity contribution is -0.193. The van der Waals surface area contributed by atoms with Crippen molar-refractivity contribution in [3.8, 4) is 0 Å². The third-order valence-electron chi connectivity index (χ3n) is 2.86. The van der Waals surface area contributed by atoms with E-state index in [1.807, 2.05) is 0 Å². The summed E-state index contributed by atoms with van der Waals surface area (Å²) in [7, 11) is 0. The van der Waals surface area contributed by atoms with Crippen molar-refractivity contribution in [3.63, 3.8) is 0 Å². The summed E-state index contributed by atoms with van der Waals surface area (Å²) in [5.41, 5.74) is -2.01. The van der Waals surface area contributed by atoms with Crippen LogP contribution in [0.1, 0.15) is 13.3 Å². The molecule has 0 bridgehead atoms. The Morgan fingerprint density at radius 3 is 2.00 bits per heavy atom. The first-order valence-corrected chi connectivity index (χ1v) is 5.91. The van der Waals surface area contributed by atoms with Gasteiger partial charge in [0.05, 0.1) is 19.8 Å². The second kappa shape index (κ2) is 6.64. The van der Waals surface area contributed by atoms with Gasteiger partial charge >= 0.3 is 17.9 Å². The summed E-state index contributed by atoms with van der Waals surface area (Å²) in [5.74, 6) is -3.56. The molecule has 1 aliphatic rings. The van der Waals surface area contributed by atoms with Gasteiger partial charge in [-0.25, -0.2) is 14.4 Å². The molecule has 9 nitrogen and oxygen atoms in total.